The van der Waals surface area contributed by atoms with Gasteiger partial charge in [0, 0.05) is 30.9 Å². The van der Waals surface area contributed by atoms with Gasteiger partial charge in [0.05, 0.1) is 32.0 Å². The fourth-order valence-electron chi connectivity index (χ4n) is 4.11. The van der Waals surface area contributed by atoms with Gasteiger partial charge >= 0.3 is 0 Å². The van der Waals surface area contributed by atoms with Gasteiger partial charge in [0.2, 0.25) is 11.8 Å². The molecule has 1 aliphatic rings. The average Bonchev–Trinajstić information content (AvgIpc) is 2.88. The number of amides is 2. The topological polar surface area (TPSA) is 115 Å². The van der Waals surface area contributed by atoms with Gasteiger partial charge in [0.25, 0.3) is 5.56 Å². The lowest BCUT2D eigenvalue weighted by atomic mass is 10.1. The number of aryl methyl sites for hydroxylation is 1. The zero-order chi connectivity index (χ0) is 25.7. The van der Waals surface area contributed by atoms with Crippen molar-refractivity contribution in [2.45, 2.75) is 26.4 Å². The quantitative estimate of drug-likeness (QED) is 0.496. The first-order chi connectivity index (χ1) is 17.4. The first kappa shape index (κ1) is 24.9. The normalized spacial score (nSPS) is 13.0. The van der Waals surface area contributed by atoms with Gasteiger partial charge in [0.1, 0.15) is 23.9 Å². The molecule has 2 aromatic carbocycles. The summed E-state index contributed by atoms with van der Waals surface area (Å²) in [5, 5.41) is 5.65. The molecule has 2 N–H and O–H groups in total. The molecular formula is C26H29N5O5. The highest BCUT2D eigenvalue weighted by atomic mass is 16.5. The van der Waals surface area contributed by atoms with Crippen LogP contribution >= 0.6 is 0 Å². The number of hydrogen-bond acceptors (Lipinski definition) is 7. The van der Waals surface area contributed by atoms with E-state index in [1.54, 1.807) is 69.7 Å². The van der Waals surface area contributed by atoms with Crippen LogP contribution < -0.4 is 25.7 Å². The second-order valence-electron chi connectivity index (χ2n) is 8.49. The maximum atomic E-state index is 13.3. The van der Waals surface area contributed by atoms with Crippen molar-refractivity contribution in [3.05, 3.63) is 76.0 Å². The fourth-order valence-corrected chi connectivity index (χ4v) is 4.11. The molecule has 10 heteroatoms. The summed E-state index contributed by atoms with van der Waals surface area (Å²) in [6.07, 6.45) is 0.556. The predicted octanol–water partition coefficient (Wildman–Crippen LogP) is 2.20. The number of carbonyl (C=O) groups is 2. The lowest BCUT2D eigenvalue weighted by Gasteiger charge is -2.28. The van der Waals surface area contributed by atoms with E-state index in [0.717, 1.165) is 5.69 Å². The Labute approximate surface area is 208 Å². The molecule has 0 aliphatic carbocycles. The SMILES string of the molecule is COc1ccc(NC(=O)CN2CCc3nc(C)n(CC(=O)Nc4ccc(OC)cc4)c(=O)c3C2)cc1. The number of anilines is 2. The highest BCUT2D eigenvalue weighted by molar-refractivity contribution is 5.92. The maximum absolute atomic E-state index is 13.3. The van der Waals surface area contributed by atoms with Crippen molar-refractivity contribution in [2.75, 3.05) is 37.9 Å². The van der Waals surface area contributed by atoms with E-state index >= 15 is 0 Å². The number of ether oxygens (including phenoxy) is 2. The monoisotopic (exact) mass is 491 g/mol. The molecule has 0 spiro atoms. The van der Waals surface area contributed by atoms with Gasteiger partial charge in [-0.3, -0.25) is 23.9 Å². The Morgan fingerprint density at radius 3 is 1.94 bits per heavy atom. The molecule has 0 atom stereocenters. The van der Waals surface area contributed by atoms with E-state index in [1.807, 2.05) is 4.90 Å². The third kappa shape index (κ3) is 5.89. The minimum absolute atomic E-state index is 0.136. The van der Waals surface area contributed by atoms with Crippen molar-refractivity contribution in [3.8, 4) is 11.5 Å². The molecule has 2 amide bonds. The van der Waals surface area contributed by atoms with Crippen LogP contribution in [-0.4, -0.2) is 53.6 Å². The summed E-state index contributed by atoms with van der Waals surface area (Å²) in [4.78, 5) is 45.0. The molecule has 188 valence electrons. The number of nitrogens with one attached hydrogen (secondary N) is 2. The molecule has 3 aromatic rings. The largest absolute Gasteiger partial charge is 0.497 e. The zero-order valence-electron chi connectivity index (χ0n) is 20.5. The van der Waals surface area contributed by atoms with Crippen LogP contribution in [0.3, 0.4) is 0 Å². The Kier molecular flexibility index (Phi) is 7.65. The second-order valence-corrected chi connectivity index (χ2v) is 8.49. The third-order valence-corrected chi connectivity index (χ3v) is 6.00. The summed E-state index contributed by atoms with van der Waals surface area (Å²) in [6.45, 7) is 2.59. The Morgan fingerprint density at radius 1 is 0.889 bits per heavy atom. The first-order valence-corrected chi connectivity index (χ1v) is 11.6. The Hall–Kier alpha value is -4.18. The lowest BCUT2D eigenvalue weighted by Crippen LogP contribution is -2.42. The van der Waals surface area contributed by atoms with E-state index in [9.17, 15) is 14.4 Å². The number of carbonyl (C=O) groups excluding carboxylic acids is 2. The molecular weight excluding hydrogens is 462 g/mol. The number of aromatic nitrogens is 2. The summed E-state index contributed by atoms with van der Waals surface area (Å²) >= 11 is 0. The second kappa shape index (κ2) is 11.0. The number of rotatable bonds is 8. The molecule has 1 aliphatic heterocycles. The molecule has 0 unspecified atom stereocenters. The van der Waals surface area contributed by atoms with Crippen molar-refractivity contribution in [1.82, 2.24) is 14.5 Å². The lowest BCUT2D eigenvalue weighted by molar-refractivity contribution is -0.118. The zero-order valence-corrected chi connectivity index (χ0v) is 20.5. The summed E-state index contributed by atoms with van der Waals surface area (Å²) in [5.41, 5.74) is 2.24. The van der Waals surface area contributed by atoms with E-state index in [2.05, 4.69) is 15.6 Å². The molecule has 0 fully saturated rings. The molecule has 0 radical (unpaired) electrons. The van der Waals surface area contributed by atoms with Gasteiger partial charge in [-0.15, -0.1) is 0 Å². The van der Waals surface area contributed by atoms with Crippen molar-refractivity contribution < 1.29 is 19.1 Å². The summed E-state index contributed by atoms with van der Waals surface area (Å²) in [6, 6.07) is 14.0. The maximum Gasteiger partial charge on any atom is 0.258 e. The minimum atomic E-state index is -0.335. The van der Waals surface area contributed by atoms with Crippen LogP contribution in [0.4, 0.5) is 11.4 Å². The summed E-state index contributed by atoms with van der Waals surface area (Å²) in [5.74, 6) is 1.36. The fraction of sp³-hybridized carbons (Fsp3) is 0.308. The van der Waals surface area contributed by atoms with Crippen molar-refractivity contribution in [2.24, 2.45) is 0 Å². The van der Waals surface area contributed by atoms with Gasteiger partial charge in [-0.1, -0.05) is 0 Å². The number of methoxy groups -OCH3 is 2. The molecule has 0 saturated carbocycles. The summed E-state index contributed by atoms with van der Waals surface area (Å²) < 4.78 is 11.6. The van der Waals surface area contributed by atoms with E-state index in [-0.39, 0.29) is 37.0 Å². The standard InChI is InChI=1S/C26H29N5O5/c1-17-27-23-12-13-30(15-24(32)28-18-4-8-20(35-2)9-5-18)14-22(23)26(34)31(17)16-25(33)29-19-6-10-21(36-3)11-7-19/h4-11H,12-16H2,1-3H3,(H,28,32)(H,29,33). The van der Waals surface area contributed by atoms with Gasteiger partial charge in [-0.05, 0) is 55.5 Å². The van der Waals surface area contributed by atoms with Crippen LogP contribution in [-0.2, 0) is 29.1 Å². The van der Waals surface area contributed by atoms with Gasteiger partial charge in [-0.25, -0.2) is 4.98 Å². The van der Waals surface area contributed by atoms with Crippen LogP contribution in [0, 0.1) is 6.92 Å². The van der Waals surface area contributed by atoms with Crippen LogP contribution in [0.1, 0.15) is 17.1 Å². The van der Waals surface area contributed by atoms with Crippen molar-refractivity contribution in [1.29, 1.82) is 0 Å². The molecule has 0 saturated heterocycles. The number of benzene rings is 2. The van der Waals surface area contributed by atoms with Gasteiger partial charge in [0.15, 0.2) is 0 Å². The van der Waals surface area contributed by atoms with E-state index in [4.69, 9.17) is 9.47 Å². The molecule has 36 heavy (non-hydrogen) atoms. The highest BCUT2D eigenvalue weighted by Crippen LogP contribution is 2.18. The molecule has 1 aromatic heterocycles. The predicted molar refractivity (Wildman–Crippen MR) is 135 cm³/mol. The molecule has 2 heterocycles. The Balaban J connectivity index is 1.41. The summed E-state index contributed by atoms with van der Waals surface area (Å²) in [7, 11) is 3.15. The third-order valence-electron chi connectivity index (χ3n) is 6.00. The van der Waals surface area contributed by atoms with Crippen molar-refractivity contribution in [3.63, 3.8) is 0 Å². The average molecular weight is 492 g/mol. The van der Waals surface area contributed by atoms with E-state index in [1.165, 1.54) is 4.57 Å². The van der Waals surface area contributed by atoms with E-state index in [0.29, 0.717) is 47.2 Å². The highest BCUT2D eigenvalue weighted by Gasteiger charge is 2.24. The molecule has 0 bridgehead atoms. The van der Waals surface area contributed by atoms with Crippen LogP contribution in [0.25, 0.3) is 0 Å². The van der Waals surface area contributed by atoms with Crippen molar-refractivity contribution >= 4 is 23.2 Å². The van der Waals surface area contributed by atoms with E-state index < -0.39 is 0 Å². The van der Waals surface area contributed by atoms with Crippen LogP contribution in [0.15, 0.2) is 53.3 Å². The Bertz CT molecular complexity index is 1300. The molecule has 4 rings (SSSR count). The Morgan fingerprint density at radius 2 is 1.42 bits per heavy atom. The number of fused-ring (bicyclic) bond motifs is 1. The van der Waals surface area contributed by atoms with Gasteiger partial charge < -0.3 is 20.1 Å². The molecule has 10 nitrogen and oxygen atoms in total. The van der Waals surface area contributed by atoms with Gasteiger partial charge in [-0.2, -0.15) is 0 Å². The van der Waals surface area contributed by atoms with Crippen LogP contribution in [0.2, 0.25) is 0 Å². The van der Waals surface area contributed by atoms with Crippen LogP contribution in [0.5, 0.6) is 11.5 Å². The number of nitrogens with zero attached hydrogens (tertiary/aromatic N) is 3. The number of hydrogen-bond donors (Lipinski definition) is 2. The minimum Gasteiger partial charge on any atom is -0.497 e. The smallest absolute Gasteiger partial charge is 0.258 e. The first-order valence-electron chi connectivity index (χ1n) is 11.6.